The van der Waals surface area contributed by atoms with Crippen molar-refractivity contribution >= 4 is 29.1 Å². The third kappa shape index (κ3) is 4.84. The third-order valence-electron chi connectivity index (χ3n) is 4.46. The zero-order valence-electron chi connectivity index (χ0n) is 13.8. The third-order valence-corrected chi connectivity index (χ3v) is 5.19. The van der Waals surface area contributed by atoms with E-state index in [1.165, 1.54) is 0 Å². The number of nitrogens with zero attached hydrogens (tertiary/aromatic N) is 1. The quantitative estimate of drug-likeness (QED) is 0.799. The molecule has 1 aromatic carbocycles. The van der Waals surface area contributed by atoms with Crippen molar-refractivity contribution < 1.29 is 19.4 Å². The lowest BCUT2D eigenvalue weighted by atomic mass is 9.96. The molecule has 2 N–H and O–H groups in total. The van der Waals surface area contributed by atoms with E-state index in [1.807, 2.05) is 12.1 Å². The number of rotatable bonds is 5. The van der Waals surface area contributed by atoms with Crippen LogP contribution >= 0.6 is 23.2 Å². The molecule has 25 heavy (non-hydrogen) atoms. The molecule has 1 aromatic rings. The first-order valence-corrected chi connectivity index (χ1v) is 9.11. The summed E-state index contributed by atoms with van der Waals surface area (Å²) in [7, 11) is 0. The molecule has 1 amide bonds. The van der Waals surface area contributed by atoms with E-state index in [2.05, 4.69) is 5.32 Å². The summed E-state index contributed by atoms with van der Waals surface area (Å²) in [5.41, 5.74) is 0.948. The number of carbonyl (C=O) groups is 1. The van der Waals surface area contributed by atoms with Crippen LogP contribution in [0.4, 0.5) is 0 Å². The number of nitrogens with one attached hydrogen (secondary N) is 1. The first kappa shape index (κ1) is 18.9. The Morgan fingerprint density at radius 2 is 2.16 bits per heavy atom. The number of β-amino-alcohol motifs (C(OH)–C–C–N with tert-alkyl or cyclic N) is 1. The Morgan fingerprint density at radius 1 is 1.36 bits per heavy atom. The van der Waals surface area contributed by atoms with Crippen molar-refractivity contribution in [2.24, 2.45) is 5.92 Å². The van der Waals surface area contributed by atoms with Gasteiger partial charge < -0.3 is 24.8 Å². The number of likely N-dealkylation sites (tertiary alicyclic amines) is 1. The summed E-state index contributed by atoms with van der Waals surface area (Å²) in [6.07, 6.45) is -0.576. The van der Waals surface area contributed by atoms with Crippen LogP contribution in [0, 0.1) is 5.92 Å². The molecule has 8 heteroatoms. The van der Waals surface area contributed by atoms with Gasteiger partial charge in [-0.3, -0.25) is 4.79 Å². The minimum atomic E-state index is -0.401. The number of hydrogen-bond acceptors (Lipinski definition) is 5. The van der Waals surface area contributed by atoms with Gasteiger partial charge in [0, 0.05) is 32.1 Å². The molecular weight excluding hydrogens is 367 g/mol. The molecule has 2 aliphatic heterocycles. The second-order valence-corrected chi connectivity index (χ2v) is 7.21. The van der Waals surface area contributed by atoms with Crippen molar-refractivity contribution in [2.75, 3.05) is 46.0 Å². The summed E-state index contributed by atoms with van der Waals surface area (Å²) in [5.74, 6) is -0.0478. The molecule has 0 radical (unpaired) electrons. The number of ether oxygens (including phenoxy) is 2. The molecule has 3 rings (SSSR count). The van der Waals surface area contributed by atoms with E-state index in [4.69, 9.17) is 32.7 Å². The van der Waals surface area contributed by atoms with Crippen molar-refractivity contribution in [3.05, 3.63) is 33.8 Å². The molecule has 2 atom stereocenters. The minimum Gasteiger partial charge on any atom is -0.389 e. The highest BCUT2D eigenvalue weighted by Crippen LogP contribution is 2.32. The lowest BCUT2D eigenvalue weighted by Crippen LogP contribution is -2.54. The average molecular weight is 389 g/mol. The number of hydrogen-bond donors (Lipinski definition) is 2. The van der Waals surface area contributed by atoms with Crippen LogP contribution in [0.25, 0.3) is 0 Å². The largest absolute Gasteiger partial charge is 0.389 e. The van der Waals surface area contributed by atoms with E-state index in [0.29, 0.717) is 36.3 Å². The fraction of sp³-hybridized carbons (Fsp3) is 0.588. The van der Waals surface area contributed by atoms with Crippen molar-refractivity contribution in [1.29, 1.82) is 0 Å². The van der Waals surface area contributed by atoms with Gasteiger partial charge >= 0.3 is 0 Å². The number of benzene rings is 1. The molecule has 0 saturated carbocycles. The van der Waals surface area contributed by atoms with Crippen molar-refractivity contribution in [2.45, 2.75) is 12.2 Å². The van der Waals surface area contributed by atoms with Crippen LogP contribution in [0.2, 0.25) is 10.0 Å². The summed E-state index contributed by atoms with van der Waals surface area (Å²) in [6, 6.07) is 5.49. The SMILES string of the molecule is O=C(COCC1CNCCO[C@H]1c1ccc(Cl)c(Cl)c1)N1CC(O)C1. The van der Waals surface area contributed by atoms with Gasteiger partial charge in [0.1, 0.15) is 6.61 Å². The molecule has 1 unspecified atom stereocenters. The lowest BCUT2D eigenvalue weighted by molar-refractivity contribution is -0.147. The molecule has 138 valence electrons. The Labute approximate surface area is 157 Å². The Balaban J connectivity index is 1.58. The molecule has 2 saturated heterocycles. The first-order valence-electron chi connectivity index (χ1n) is 8.35. The average Bonchev–Trinajstić information content (AvgIpc) is 2.80. The smallest absolute Gasteiger partial charge is 0.248 e. The maximum Gasteiger partial charge on any atom is 0.248 e. The summed E-state index contributed by atoms with van der Waals surface area (Å²) in [6.45, 7) is 3.26. The minimum absolute atomic E-state index is 0.0112. The molecule has 0 spiro atoms. The summed E-state index contributed by atoms with van der Waals surface area (Å²) >= 11 is 12.1. The van der Waals surface area contributed by atoms with Crippen molar-refractivity contribution in [3.8, 4) is 0 Å². The van der Waals surface area contributed by atoms with E-state index < -0.39 is 6.10 Å². The van der Waals surface area contributed by atoms with Gasteiger partial charge in [-0.1, -0.05) is 29.3 Å². The van der Waals surface area contributed by atoms with Crippen LogP contribution in [0.3, 0.4) is 0 Å². The molecule has 6 nitrogen and oxygen atoms in total. The van der Waals surface area contributed by atoms with Gasteiger partial charge in [0.15, 0.2) is 0 Å². The van der Waals surface area contributed by atoms with Crippen LogP contribution in [-0.4, -0.2) is 68.0 Å². The maximum atomic E-state index is 11.9. The molecular formula is C17H22Cl2N2O4. The van der Waals surface area contributed by atoms with Crippen molar-refractivity contribution in [1.82, 2.24) is 10.2 Å². The van der Waals surface area contributed by atoms with Gasteiger partial charge in [-0.25, -0.2) is 0 Å². The molecule has 0 aliphatic carbocycles. The van der Waals surface area contributed by atoms with E-state index in [9.17, 15) is 9.90 Å². The van der Waals surface area contributed by atoms with E-state index in [0.717, 1.165) is 18.7 Å². The van der Waals surface area contributed by atoms with E-state index in [-0.39, 0.29) is 24.5 Å². The Hall–Kier alpha value is -0.890. The molecule has 0 bridgehead atoms. The summed E-state index contributed by atoms with van der Waals surface area (Å²) < 4.78 is 11.6. The van der Waals surface area contributed by atoms with Crippen LogP contribution < -0.4 is 5.32 Å². The number of amides is 1. The maximum absolute atomic E-state index is 11.9. The number of halogens is 2. The zero-order valence-corrected chi connectivity index (χ0v) is 15.3. The normalized spacial score (nSPS) is 24.7. The predicted octanol–water partition coefficient (Wildman–Crippen LogP) is 1.49. The second kappa shape index (κ2) is 8.66. The van der Waals surface area contributed by atoms with Crippen LogP contribution in [0.1, 0.15) is 11.7 Å². The molecule has 0 aromatic heterocycles. The first-order chi connectivity index (χ1) is 12.0. The van der Waals surface area contributed by atoms with E-state index in [1.54, 1.807) is 11.0 Å². The fourth-order valence-corrected chi connectivity index (χ4v) is 3.35. The zero-order chi connectivity index (χ0) is 17.8. The predicted molar refractivity (Wildman–Crippen MR) is 94.9 cm³/mol. The molecule has 2 aliphatic rings. The standard InChI is InChI=1S/C17H22Cl2N2O4/c18-14-2-1-11(5-15(14)19)17-12(6-20-3-4-25-17)9-24-10-16(23)21-7-13(22)8-21/h1-2,5,12-13,17,20,22H,3-4,6-10H2/t12?,17-/m0/s1. The Morgan fingerprint density at radius 3 is 2.88 bits per heavy atom. The van der Waals surface area contributed by atoms with Gasteiger partial charge in [-0.05, 0) is 17.7 Å². The number of aliphatic hydroxyl groups excluding tert-OH is 1. The molecule has 2 heterocycles. The fourth-order valence-electron chi connectivity index (χ4n) is 3.04. The Kier molecular flexibility index (Phi) is 6.55. The highest BCUT2D eigenvalue weighted by molar-refractivity contribution is 6.42. The van der Waals surface area contributed by atoms with Gasteiger partial charge in [-0.2, -0.15) is 0 Å². The topological polar surface area (TPSA) is 71.0 Å². The van der Waals surface area contributed by atoms with Gasteiger partial charge in [-0.15, -0.1) is 0 Å². The summed E-state index contributed by atoms with van der Waals surface area (Å²) in [4.78, 5) is 13.5. The van der Waals surface area contributed by atoms with Crippen LogP contribution in [0.15, 0.2) is 18.2 Å². The molecule has 2 fully saturated rings. The Bertz CT molecular complexity index is 610. The van der Waals surface area contributed by atoms with Crippen LogP contribution in [0.5, 0.6) is 0 Å². The van der Waals surface area contributed by atoms with E-state index >= 15 is 0 Å². The summed E-state index contributed by atoms with van der Waals surface area (Å²) in [5, 5.41) is 13.6. The highest BCUT2D eigenvalue weighted by Gasteiger charge is 2.30. The highest BCUT2D eigenvalue weighted by atomic mass is 35.5. The van der Waals surface area contributed by atoms with Crippen LogP contribution in [-0.2, 0) is 14.3 Å². The van der Waals surface area contributed by atoms with Crippen molar-refractivity contribution in [3.63, 3.8) is 0 Å². The lowest BCUT2D eigenvalue weighted by Gasteiger charge is -2.35. The van der Waals surface area contributed by atoms with Gasteiger partial charge in [0.25, 0.3) is 0 Å². The monoisotopic (exact) mass is 388 g/mol. The number of carbonyl (C=O) groups excluding carboxylic acids is 1. The number of aliphatic hydroxyl groups is 1. The second-order valence-electron chi connectivity index (χ2n) is 6.40. The van der Waals surface area contributed by atoms with Gasteiger partial charge in [0.05, 0.1) is 35.5 Å². The van der Waals surface area contributed by atoms with Gasteiger partial charge in [0.2, 0.25) is 5.91 Å².